The number of amides is 2. The number of fused-ring (bicyclic) bond motifs is 1. The minimum atomic E-state index is -1.12. The maximum absolute atomic E-state index is 14.5. The number of carbonyl (C=O) groups is 2. The molecule has 0 unspecified atom stereocenters. The Hall–Kier alpha value is -4.06. The zero-order valence-corrected chi connectivity index (χ0v) is 19.9. The Labute approximate surface area is 206 Å². The average Bonchev–Trinajstić information content (AvgIpc) is 3.01. The fourth-order valence-corrected chi connectivity index (χ4v) is 3.91. The molecule has 0 aromatic heterocycles. The summed E-state index contributed by atoms with van der Waals surface area (Å²) < 4.78 is 60.3. The van der Waals surface area contributed by atoms with E-state index < -0.39 is 46.7 Å². The van der Waals surface area contributed by atoms with Crippen molar-refractivity contribution in [3.8, 4) is 12.3 Å². The van der Waals surface area contributed by atoms with E-state index >= 15 is 0 Å². The van der Waals surface area contributed by atoms with Crippen molar-refractivity contribution < 1.29 is 31.9 Å². The molecule has 2 amide bonds. The first-order valence-corrected chi connectivity index (χ1v) is 10.9. The van der Waals surface area contributed by atoms with Gasteiger partial charge < -0.3 is 15.0 Å². The molecule has 0 saturated heterocycles. The van der Waals surface area contributed by atoms with Crippen LogP contribution >= 0.6 is 0 Å². The van der Waals surface area contributed by atoms with Gasteiger partial charge in [0.25, 0.3) is 5.91 Å². The van der Waals surface area contributed by atoms with Crippen molar-refractivity contribution in [3.63, 3.8) is 0 Å². The van der Waals surface area contributed by atoms with Crippen LogP contribution in [-0.4, -0.2) is 25.5 Å². The molecule has 1 heterocycles. The van der Waals surface area contributed by atoms with Crippen molar-refractivity contribution >= 4 is 17.5 Å². The standard InChI is InChI=1S/C27H24F4N2O3/c1-5-6-19(36-4)12-17(28)9-10-33-24-11-16(7-8-21(24)27(2,3)26(33)35)25(34)32-15-20-22(30)13-18(29)14-23(20)31/h1,6-8,11-14H,9-10,15H2,2-4H3,(H,32,34)/b17-12+,19-6+. The normalized spacial score (nSPS) is 14.9. The first-order chi connectivity index (χ1) is 17.0. The summed E-state index contributed by atoms with van der Waals surface area (Å²) in [6, 6.07) is 5.62. The van der Waals surface area contributed by atoms with Crippen LogP contribution in [0.4, 0.5) is 23.2 Å². The maximum Gasteiger partial charge on any atom is 0.251 e. The Balaban J connectivity index is 1.81. The molecule has 2 aromatic carbocycles. The van der Waals surface area contributed by atoms with Crippen LogP contribution in [0.15, 0.2) is 54.1 Å². The lowest BCUT2D eigenvalue weighted by Crippen LogP contribution is -2.36. The van der Waals surface area contributed by atoms with E-state index in [4.69, 9.17) is 11.2 Å². The molecular formula is C27H24F4N2O3. The Morgan fingerprint density at radius 2 is 1.86 bits per heavy atom. The highest BCUT2D eigenvalue weighted by molar-refractivity contribution is 6.09. The number of hydrogen-bond acceptors (Lipinski definition) is 3. The zero-order valence-electron chi connectivity index (χ0n) is 19.9. The van der Waals surface area contributed by atoms with E-state index in [0.717, 1.165) is 6.08 Å². The third-order valence-electron chi connectivity index (χ3n) is 5.87. The Morgan fingerprint density at radius 3 is 2.47 bits per heavy atom. The molecule has 188 valence electrons. The van der Waals surface area contributed by atoms with Crippen LogP contribution < -0.4 is 10.2 Å². The van der Waals surface area contributed by atoms with Gasteiger partial charge in [0.1, 0.15) is 29.0 Å². The third-order valence-corrected chi connectivity index (χ3v) is 5.87. The van der Waals surface area contributed by atoms with Gasteiger partial charge in [-0.15, -0.1) is 6.42 Å². The summed E-state index contributed by atoms with van der Waals surface area (Å²) >= 11 is 0. The predicted octanol–water partition coefficient (Wildman–Crippen LogP) is 5.07. The van der Waals surface area contributed by atoms with Gasteiger partial charge in [-0.3, -0.25) is 9.59 Å². The SMILES string of the molecule is C#C/C=C(\C=C(\F)CCN1C(=O)C(C)(C)c2ccc(C(=O)NCc3c(F)cc(F)cc3F)cc21)OC. The fraction of sp³-hybridized carbons (Fsp3) is 0.259. The van der Waals surface area contributed by atoms with E-state index in [1.165, 1.54) is 30.2 Å². The van der Waals surface area contributed by atoms with Gasteiger partial charge >= 0.3 is 0 Å². The van der Waals surface area contributed by atoms with E-state index in [0.29, 0.717) is 23.4 Å². The van der Waals surface area contributed by atoms with Crippen molar-refractivity contribution in [2.24, 2.45) is 0 Å². The van der Waals surface area contributed by atoms with Gasteiger partial charge in [0.05, 0.1) is 12.5 Å². The molecule has 0 bridgehead atoms. The van der Waals surface area contributed by atoms with E-state index in [2.05, 4.69) is 11.2 Å². The minimum absolute atomic E-state index is 0.0122. The van der Waals surface area contributed by atoms with Crippen molar-refractivity contribution in [2.75, 3.05) is 18.6 Å². The van der Waals surface area contributed by atoms with Gasteiger partial charge in [-0.2, -0.15) is 0 Å². The van der Waals surface area contributed by atoms with Crippen molar-refractivity contribution in [1.29, 1.82) is 0 Å². The first-order valence-electron chi connectivity index (χ1n) is 10.9. The van der Waals surface area contributed by atoms with Gasteiger partial charge in [0.2, 0.25) is 5.91 Å². The van der Waals surface area contributed by atoms with E-state index in [9.17, 15) is 27.2 Å². The summed E-state index contributed by atoms with van der Waals surface area (Å²) in [6.07, 6.45) is 7.43. The van der Waals surface area contributed by atoms with Crippen LogP contribution in [0.2, 0.25) is 0 Å². The number of anilines is 1. The Bertz CT molecular complexity index is 1290. The molecule has 0 spiro atoms. The smallest absolute Gasteiger partial charge is 0.251 e. The zero-order chi connectivity index (χ0) is 26.6. The molecule has 0 aliphatic carbocycles. The predicted molar refractivity (Wildman–Crippen MR) is 127 cm³/mol. The molecule has 0 saturated carbocycles. The van der Waals surface area contributed by atoms with Crippen LogP contribution in [0.1, 0.15) is 41.8 Å². The second-order valence-electron chi connectivity index (χ2n) is 8.60. The second kappa shape index (κ2) is 10.7. The van der Waals surface area contributed by atoms with Crippen LogP contribution in [0.25, 0.3) is 0 Å². The molecule has 0 fully saturated rings. The van der Waals surface area contributed by atoms with Crippen LogP contribution in [0, 0.1) is 29.8 Å². The number of carbonyl (C=O) groups excluding carboxylic acids is 2. The number of nitrogens with one attached hydrogen (secondary N) is 1. The fourth-order valence-electron chi connectivity index (χ4n) is 3.91. The summed E-state index contributed by atoms with van der Waals surface area (Å²) in [5, 5.41) is 2.39. The summed E-state index contributed by atoms with van der Waals surface area (Å²) in [5.41, 5.74) is -0.196. The number of nitrogens with zero attached hydrogens (tertiary/aromatic N) is 1. The Morgan fingerprint density at radius 1 is 1.19 bits per heavy atom. The summed E-state index contributed by atoms with van der Waals surface area (Å²) in [7, 11) is 1.35. The number of halogens is 4. The number of ether oxygens (including phenoxy) is 1. The molecule has 0 radical (unpaired) electrons. The number of terminal acetylenes is 1. The van der Waals surface area contributed by atoms with Gasteiger partial charge in [-0.25, -0.2) is 17.6 Å². The minimum Gasteiger partial charge on any atom is -0.496 e. The van der Waals surface area contributed by atoms with E-state index in [1.54, 1.807) is 19.9 Å². The number of methoxy groups -OCH3 is 1. The molecule has 1 N–H and O–H groups in total. The number of hydrogen-bond donors (Lipinski definition) is 1. The van der Waals surface area contributed by atoms with Gasteiger partial charge in [0.15, 0.2) is 0 Å². The molecular weight excluding hydrogens is 476 g/mol. The monoisotopic (exact) mass is 500 g/mol. The third kappa shape index (κ3) is 5.43. The highest BCUT2D eigenvalue weighted by Crippen LogP contribution is 2.42. The molecule has 2 aromatic rings. The van der Waals surface area contributed by atoms with Gasteiger partial charge in [-0.05, 0) is 31.5 Å². The highest BCUT2D eigenvalue weighted by atomic mass is 19.1. The molecule has 0 atom stereocenters. The molecule has 1 aliphatic rings. The Kier molecular flexibility index (Phi) is 7.88. The molecule has 3 rings (SSSR count). The van der Waals surface area contributed by atoms with Crippen LogP contribution in [0.5, 0.6) is 0 Å². The quantitative estimate of drug-likeness (QED) is 0.239. The summed E-state index contributed by atoms with van der Waals surface area (Å²) in [5.74, 6) is -2.41. The van der Waals surface area contributed by atoms with Crippen molar-refractivity contribution in [1.82, 2.24) is 5.32 Å². The number of allylic oxidation sites excluding steroid dienone is 2. The molecule has 5 nitrogen and oxygen atoms in total. The summed E-state index contributed by atoms with van der Waals surface area (Å²) in [4.78, 5) is 27.2. The second-order valence-corrected chi connectivity index (χ2v) is 8.60. The first kappa shape index (κ1) is 26.5. The molecule has 9 heteroatoms. The number of rotatable bonds is 8. The van der Waals surface area contributed by atoms with Crippen molar-refractivity contribution in [3.05, 3.63) is 88.2 Å². The largest absolute Gasteiger partial charge is 0.496 e. The number of benzene rings is 2. The van der Waals surface area contributed by atoms with E-state index in [-0.39, 0.29) is 30.2 Å². The topological polar surface area (TPSA) is 58.6 Å². The lowest BCUT2D eigenvalue weighted by atomic mass is 9.86. The average molecular weight is 500 g/mol. The van der Waals surface area contributed by atoms with Crippen LogP contribution in [-0.2, 0) is 21.5 Å². The maximum atomic E-state index is 14.5. The van der Waals surface area contributed by atoms with Gasteiger partial charge in [0, 0.05) is 60.6 Å². The lowest BCUT2D eigenvalue weighted by molar-refractivity contribution is -0.122. The highest BCUT2D eigenvalue weighted by Gasteiger charge is 2.43. The van der Waals surface area contributed by atoms with Gasteiger partial charge in [-0.1, -0.05) is 12.0 Å². The molecule has 36 heavy (non-hydrogen) atoms. The lowest BCUT2D eigenvalue weighted by Gasteiger charge is -2.20. The van der Waals surface area contributed by atoms with Crippen LogP contribution in [0.3, 0.4) is 0 Å². The van der Waals surface area contributed by atoms with E-state index in [1.807, 2.05) is 0 Å². The molecule has 1 aliphatic heterocycles. The summed E-state index contributed by atoms with van der Waals surface area (Å²) in [6.45, 7) is 2.92. The van der Waals surface area contributed by atoms with Crippen molar-refractivity contribution in [2.45, 2.75) is 32.2 Å².